The molecule has 0 saturated carbocycles. The van der Waals surface area contributed by atoms with Crippen molar-refractivity contribution in [2.24, 2.45) is 0 Å². The van der Waals surface area contributed by atoms with E-state index in [4.69, 9.17) is 9.47 Å². The maximum absolute atomic E-state index is 6.05. The van der Waals surface area contributed by atoms with Gasteiger partial charge in [-0.15, -0.1) is 11.3 Å². The van der Waals surface area contributed by atoms with Crippen LogP contribution in [0.25, 0.3) is 10.1 Å². The molecule has 154 valence electrons. The van der Waals surface area contributed by atoms with Gasteiger partial charge in [-0.25, -0.2) is 0 Å². The van der Waals surface area contributed by atoms with E-state index in [9.17, 15) is 0 Å². The molecule has 1 fully saturated rings. The van der Waals surface area contributed by atoms with Crippen LogP contribution in [0, 0.1) is 6.92 Å². The Kier molecular flexibility index (Phi) is 6.63. The Hall–Kier alpha value is -1.76. The highest BCUT2D eigenvalue weighted by Gasteiger charge is 2.18. The number of anilines is 1. The number of methoxy groups -OCH3 is 1. The van der Waals surface area contributed by atoms with Gasteiger partial charge in [-0.1, -0.05) is 22.0 Å². The molecule has 0 bridgehead atoms. The smallest absolute Gasteiger partial charge is 0.164 e. The summed E-state index contributed by atoms with van der Waals surface area (Å²) in [5, 5.41) is 3.57. The monoisotopic (exact) mass is 474 g/mol. The van der Waals surface area contributed by atoms with Crippen molar-refractivity contribution in [1.29, 1.82) is 0 Å². The summed E-state index contributed by atoms with van der Waals surface area (Å²) in [5.74, 6) is 1.64. The molecule has 4 nitrogen and oxygen atoms in total. The van der Waals surface area contributed by atoms with E-state index in [-0.39, 0.29) is 0 Å². The van der Waals surface area contributed by atoms with Crippen LogP contribution in [0.1, 0.15) is 12.0 Å². The lowest BCUT2D eigenvalue weighted by Crippen LogP contribution is -2.46. The van der Waals surface area contributed by atoms with Gasteiger partial charge in [0.05, 0.1) is 13.7 Å². The van der Waals surface area contributed by atoms with Gasteiger partial charge in [0.1, 0.15) is 0 Å². The van der Waals surface area contributed by atoms with E-state index in [1.807, 2.05) is 17.4 Å². The number of hydrogen-bond donors (Lipinski definition) is 0. The van der Waals surface area contributed by atoms with Crippen molar-refractivity contribution < 1.29 is 9.47 Å². The van der Waals surface area contributed by atoms with E-state index >= 15 is 0 Å². The van der Waals surface area contributed by atoms with Crippen molar-refractivity contribution >= 4 is 43.0 Å². The van der Waals surface area contributed by atoms with Crippen LogP contribution in [0.4, 0.5) is 5.69 Å². The van der Waals surface area contributed by atoms with Gasteiger partial charge in [0.15, 0.2) is 11.5 Å². The van der Waals surface area contributed by atoms with Crippen molar-refractivity contribution in [2.45, 2.75) is 13.3 Å². The molecule has 3 aromatic rings. The average molecular weight is 475 g/mol. The van der Waals surface area contributed by atoms with E-state index in [0.717, 1.165) is 60.7 Å². The Bertz CT molecular complexity index is 967. The van der Waals surface area contributed by atoms with Gasteiger partial charge in [0.2, 0.25) is 0 Å². The van der Waals surface area contributed by atoms with Gasteiger partial charge in [-0.2, -0.15) is 0 Å². The molecule has 0 radical (unpaired) electrons. The Morgan fingerprint density at radius 2 is 1.93 bits per heavy atom. The molecule has 6 heteroatoms. The summed E-state index contributed by atoms with van der Waals surface area (Å²) >= 11 is 5.33. The van der Waals surface area contributed by atoms with Gasteiger partial charge in [0.25, 0.3) is 0 Å². The van der Waals surface area contributed by atoms with Gasteiger partial charge in [-0.3, -0.25) is 4.90 Å². The molecule has 0 amide bonds. The fraction of sp³-hybridized carbons (Fsp3) is 0.391. The van der Waals surface area contributed by atoms with Crippen LogP contribution < -0.4 is 14.4 Å². The first-order valence-corrected chi connectivity index (χ1v) is 11.7. The molecule has 0 atom stereocenters. The summed E-state index contributed by atoms with van der Waals surface area (Å²) in [6.45, 7) is 8.17. The molecule has 4 rings (SSSR count). The molecule has 1 aliphatic heterocycles. The predicted octanol–water partition coefficient (Wildman–Crippen LogP) is 5.57. The molecule has 0 spiro atoms. The molecule has 0 aliphatic carbocycles. The number of fused-ring (bicyclic) bond motifs is 1. The summed E-state index contributed by atoms with van der Waals surface area (Å²) in [5.41, 5.74) is 2.47. The molecule has 2 aromatic carbocycles. The molecule has 29 heavy (non-hydrogen) atoms. The van der Waals surface area contributed by atoms with Crippen LogP contribution in [0.15, 0.2) is 46.3 Å². The zero-order valence-corrected chi connectivity index (χ0v) is 19.4. The third-order valence-electron chi connectivity index (χ3n) is 5.48. The summed E-state index contributed by atoms with van der Waals surface area (Å²) < 4.78 is 13.9. The minimum atomic E-state index is 0.702. The number of halogens is 1. The predicted molar refractivity (Wildman–Crippen MR) is 126 cm³/mol. The molecule has 1 aliphatic rings. The summed E-state index contributed by atoms with van der Waals surface area (Å²) in [4.78, 5) is 5.07. The Morgan fingerprint density at radius 3 is 2.72 bits per heavy atom. The van der Waals surface area contributed by atoms with E-state index in [1.54, 1.807) is 7.11 Å². The zero-order valence-electron chi connectivity index (χ0n) is 17.0. The zero-order chi connectivity index (χ0) is 20.2. The number of aryl methyl sites for hydroxylation is 1. The lowest BCUT2D eigenvalue weighted by Gasteiger charge is -2.36. The lowest BCUT2D eigenvalue weighted by atomic mass is 10.2. The van der Waals surface area contributed by atoms with E-state index in [0.29, 0.717) is 6.61 Å². The quantitative estimate of drug-likeness (QED) is 0.417. The van der Waals surface area contributed by atoms with Crippen LogP contribution >= 0.6 is 27.3 Å². The normalized spacial score (nSPS) is 15.1. The minimum absolute atomic E-state index is 0.702. The fourth-order valence-electron chi connectivity index (χ4n) is 3.96. The topological polar surface area (TPSA) is 24.9 Å². The molecule has 1 saturated heterocycles. The van der Waals surface area contributed by atoms with Gasteiger partial charge in [0, 0.05) is 53.0 Å². The first kappa shape index (κ1) is 20.5. The summed E-state index contributed by atoms with van der Waals surface area (Å²) in [6, 6.07) is 12.9. The van der Waals surface area contributed by atoms with Crippen molar-refractivity contribution in [3.63, 3.8) is 0 Å². The van der Waals surface area contributed by atoms with Crippen LogP contribution in [0.2, 0.25) is 0 Å². The van der Waals surface area contributed by atoms with Crippen molar-refractivity contribution in [3.8, 4) is 11.5 Å². The molecular weight excluding hydrogens is 448 g/mol. The largest absolute Gasteiger partial charge is 0.493 e. The van der Waals surface area contributed by atoms with Crippen LogP contribution in [0.3, 0.4) is 0 Å². The fourth-order valence-corrected chi connectivity index (χ4v) is 5.32. The number of nitrogens with zero attached hydrogens (tertiary/aromatic N) is 2. The SMILES string of the molecule is COc1cc(Br)cc(C)c1OCCCN1CCN(c2cccc3sccc23)CC1. The maximum Gasteiger partial charge on any atom is 0.164 e. The highest BCUT2D eigenvalue weighted by atomic mass is 79.9. The average Bonchev–Trinajstić information content (AvgIpc) is 3.21. The number of thiophene rings is 1. The van der Waals surface area contributed by atoms with Crippen LogP contribution in [-0.2, 0) is 0 Å². The number of rotatable bonds is 7. The maximum atomic E-state index is 6.05. The number of benzene rings is 2. The van der Waals surface area contributed by atoms with Crippen LogP contribution in [-0.4, -0.2) is 51.3 Å². The highest BCUT2D eigenvalue weighted by molar-refractivity contribution is 9.10. The molecular formula is C23H27BrN2O2S. The van der Waals surface area contributed by atoms with E-state index < -0.39 is 0 Å². The second kappa shape index (κ2) is 9.37. The van der Waals surface area contributed by atoms with Crippen molar-refractivity contribution in [1.82, 2.24) is 4.90 Å². The Labute approximate surface area is 185 Å². The van der Waals surface area contributed by atoms with E-state index in [2.05, 4.69) is 68.4 Å². The van der Waals surface area contributed by atoms with Gasteiger partial charge >= 0.3 is 0 Å². The second-order valence-electron chi connectivity index (χ2n) is 7.39. The molecule has 0 N–H and O–H groups in total. The van der Waals surface area contributed by atoms with Gasteiger partial charge < -0.3 is 14.4 Å². The molecule has 2 heterocycles. The summed E-state index contributed by atoms with van der Waals surface area (Å²) in [6.07, 6.45) is 1.01. The third-order valence-corrected chi connectivity index (χ3v) is 6.82. The Morgan fingerprint density at radius 1 is 1.10 bits per heavy atom. The second-order valence-corrected chi connectivity index (χ2v) is 9.26. The summed E-state index contributed by atoms with van der Waals surface area (Å²) in [7, 11) is 1.68. The van der Waals surface area contributed by atoms with Crippen LogP contribution in [0.5, 0.6) is 11.5 Å². The first-order chi connectivity index (χ1) is 14.2. The number of piperazine rings is 1. The van der Waals surface area contributed by atoms with Gasteiger partial charge in [-0.05, 0) is 54.6 Å². The standard InChI is InChI=1S/C23H27BrN2O2S/c1-17-15-18(24)16-21(27-2)23(17)28-13-4-8-25-9-11-26(12-10-25)20-5-3-6-22-19(20)7-14-29-22/h3,5-7,14-16H,4,8-13H2,1-2H3. The highest BCUT2D eigenvalue weighted by Crippen LogP contribution is 2.34. The molecule has 0 unspecified atom stereocenters. The number of hydrogen-bond acceptors (Lipinski definition) is 5. The molecule has 1 aromatic heterocycles. The minimum Gasteiger partial charge on any atom is -0.493 e. The number of ether oxygens (including phenoxy) is 2. The van der Waals surface area contributed by atoms with Crippen molar-refractivity contribution in [3.05, 3.63) is 51.8 Å². The van der Waals surface area contributed by atoms with Crippen molar-refractivity contribution in [2.75, 3.05) is 51.3 Å². The Balaban J connectivity index is 1.25. The first-order valence-electron chi connectivity index (χ1n) is 10.1. The third kappa shape index (κ3) is 4.71. The van der Waals surface area contributed by atoms with E-state index in [1.165, 1.54) is 15.8 Å². The lowest BCUT2D eigenvalue weighted by molar-refractivity contribution is 0.221.